The molecule has 0 atom stereocenters. The van der Waals surface area contributed by atoms with E-state index in [0.717, 1.165) is 0 Å². The minimum Gasteiger partial charge on any atom is -0.397 e. The maximum Gasteiger partial charge on any atom is 0.280 e. The fourth-order valence-electron chi connectivity index (χ4n) is 1.16. The second kappa shape index (κ2) is 4.38. The third kappa shape index (κ3) is 2.70. The van der Waals surface area contributed by atoms with Crippen LogP contribution in [0.2, 0.25) is 0 Å². The molecule has 88 valence electrons. The molecule has 0 unspecified atom stereocenters. The average Bonchev–Trinajstić information content (AvgIpc) is 2.33. The zero-order valence-electron chi connectivity index (χ0n) is 8.74. The highest BCUT2D eigenvalue weighted by Crippen LogP contribution is 2.12. The number of sulfonamides is 1. The first-order valence-electron chi connectivity index (χ1n) is 4.73. The van der Waals surface area contributed by atoms with Gasteiger partial charge >= 0.3 is 0 Å². The molecule has 0 saturated carbocycles. The van der Waals surface area contributed by atoms with Gasteiger partial charge in [0.25, 0.3) is 10.0 Å². The van der Waals surface area contributed by atoms with Crippen LogP contribution in [-0.2, 0) is 10.0 Å². The van der Waals surface area contributed by atoms with Gasteiger partial charge in [-0.25, -0.2) is 9.97 Å². The van der Waals surface area contributed by atoms with Crippen LogP contribution in [0.15, 0.2) is 47.8 Å². The predicted molar refractivity (Wildman–Crippen MR) is 63.7 cm³/mol. The van der Waals surface area contributed by atoms with Crippen molar-refractivity contribution in [3.63, 3.8) is 0 Å². The number of rotatable bonds is 3. The number of nitrogens with one attached hydrogen (secondary N) is 1. The van der Waals surface area contributed by atoms with Gasteiger partial charge in [-0.2, -0.15) is 8.42 Å². The number of nitrogen functional groups attached to an aromatic ring is 1. The number of hydrogen-bond acceptors (Lipinski definition) is 5. The van der Waals surface area contributed by atoms with Crippen molar-refractivity contribution in [2.24, 2.45) is 0 Å². The Hall–Kier alpha value is -2.15. The molecule has 0 radical (unpaired) electrons. The molecule has 7 heteroatoms. The zero-order chi connectivity index (χ0) is 12.3. The van der Waals surface area contributed by atoms with E-state index in [9.17, 15) is 8.42 Å². The van der Waals surface area contributed by atoms with Gasteiger partial charge in [-0.15, -0.1) is 0 Å². The maximum atomic E-state index is 11.8. The summed E-state index contributed by atoms with van der Waals surface area (Å²) in [6.45, 7) is 0. The summed E-state index contributed by atoms with van der Waals surface area (Å²) in [7, 11) is -3.69. The van der Waals surface area contributed by atoms with Gasteiger partial charge in [0.05, 0.1) is 11.9 Å². The van der Waals surface area contributed by atoms with Gasteiger partial charge in [-0.1, -0.05) is 6.07 Å². The van der Waals surface area contributed by atoms with E-state index in [2.05, 4.69) is 14.7 Å². The van der Waals surface area contributed by atoms with Crippen molar-refractivity contribution >= 4 is 21.5 Å². The molecule has 0 bridgehead atoms. The van der Waals surface area contributed by atoms with Crippen LogP contribution < -0.4 is 10.5 Å². The molecule has 17 heavy (non-hydrogen) atoms. The lowest BCUT2D eigenvalue weighted by Gasteiger charge is -2.06. The quantitative estimate of drug-likeness (QED) is 0.841. The van der Waals surface area contributed by atoms with Crippen LogP contribution in [0.3, 0.4) is 0 Å². The van der Waals surface area contributed by atoms with Crippen LogP contribution in [-0.4, -0.2) is 18.4 Å². The van der Waals surface area contributed by atoms with E-state index >= 15 is 0 Å². The summed E-state index contributed by atoms with van der Waals surface area (Å²) in [5.41, 5.74) is 5.91. The van der Waals surface area contributed by atoms with Gasteiger partial charge in [0.15, 0.2) is 5.03 Å². The monoisotopic (exact) mass is 250 g/mol. The molecule has 0 spiro atoms. The van der Waals surface area contributed by atoms with Crippen molar-refractivity contribution in [3.8, 4) is 0 Å². The Bertz CT molecular complexity index is 596. The molecule has 0 aliphatic carbocycles. The standard InChI is InChI=1S/C10H10N4O2S/c11-8-4-5-9(13-7-8)14-17(15,16)10-3-1-2-6-12-10/h1-7H,11H2,(H,13,14). The first-order valence-corrected chi connectivity index (χ1v) is 6.22. The fourth-order valence-corrected chi connectivity index (χ4v) is 2.12. The number of nitrogens with zero attached hydrogens (tertiary/aromatic N) is 2. The maximum absolute atomic E-state index is 11.8. The molecule has 2 aromatic heterocycles. The lowest BCUT2D eigenvalue weighted by Crippen LogP contribution is -2.15. The normalized spacial score (nSPS) is 11.1. The van der Waals surface area contributed by atoms with Crippen LogP contribution in [0.5, 0.6) is 0 Å². The summed E-state index contributed by atoms with van der Waals surface area (Å²) < 4.78 is 26.0. The summed E-state index contributed by atoms with van der Waals surface area (Å²) in [5, 5.41) is -0.0568. The van der Waals surface area contributed by atoms with Crippen LogP contribution in [0.4, 0.5) is 11.5 Å². The minimum absolute atomic E-state index is 0.0568. The number of nitrogens with two attached hydrogens (primary N) is 1. The van der Waals surface area contributed by atoms with Crippen LogP contribution in [0.25, 0.3) is 0 Å². The van der Waals surface area contributed by atoms with E-state index in [-0.39, 0.29) is 10.8 Å². The Labute approximate surface area is 98.6 Å². The Balaban J connectivity index is 2.27. The molecule has 6 nitrogen and oxygen atoms in total. The molecular formula is C10H10N4O2S. The molecule has 2 rings (SSSR count). The van der Waals surface area contributed by atoms with Gasteiger partial charge in [0.2, 0.25) is 0 Å². The highest BCUT2D eigenvalue weighted by atomic mass is 32.2. The third-order valence-electron chi connectivity index (χ3n) is 1.94. The van der Waals surface area contributed by atoms with E-state index in [0.29, 0.717) is 5.69 Å². The van der Waals surface area contributed by atoms with E-state index in [1.165, 1.54) is 24.5 Å². The van der Waals surface area contributed by atoms with Crippen molar-refractivity contribution < 1.29 is 8.42 Å². The number of aromatic nitrogens is 2. The molecule has 0 aromatic carbocycles. The summed E-state index contributed by atoms with van der Waals surface area (Å²) >= 11 is 0. The van der Waals surface area contributed by atoms with Gasteiger partial charge in [0.1, 0.15) is 5.82 Å². The SMILES string of the molecule is Nc1ccc(NS(=O)(=O)c2ccccn2)nc1. The van der Waals surface area contributed by atoms with Gasteiger partial charge in [-0.05, 0) is 24.3 Å². The largest absolute Gasteiger partial charge is 0.397 e. The van der Waals surface area contributed by atoms with Crippen LogP contribution in [0.1, 0.15) is 0 Å². The van der Waals surface area contributed by atoms with Crippen molar-refractivity contribution in [1.29, 1.82) is 0 Å². The molecule has 0 amide bonds. The molecular weight excluding hydrogens is 240 g/mol. The highest BCUT2D eigenvalue weighted by Gasteiger charge is 2.15. The summed E-state index contributed by atoms with van der Waals surface area (Å²) in [6, 6.07) is 7.68. The molecule has 0 aliphatic heterocycles. The van der Waals surface area contributed by atoms with Crippen molar-refractivity contribution in [2.45, 2.75) is 5.03 Å². The first-order chi connectivity index (χ1) is 8.08. The Morgan fingerprint density at radius 1 is 1.12 bits per heavy atom. The summed E-state index contributed by atoms with van der Waals surface area (Å²) in [6.07, 6.45) is 2.78. The van der Waals surface area contributed by atoms with E-state index in [4.69, 9.17) is 5.73 Å². The highest BCUT2D eigenvalue weighted by molar-refractivity contribution is 7.92. The van der Waals surface area contributed by atoms with Crippen molar-refractivity contribution in [3.05, 3.63) is 42.7 Å². The Kier molecular flexibility index (Phi) is 2.92. The Morgan fingerprint density at radius 3 is 2.53 bits per heavy atom. The first kappa shape index (κ1) is 11.3. The van der Waals surface area contributed by atoms with Gasteiger partial charge in [0, 0.05) is 6.20 Å². The summed E-state index contributed by atoms with van der Waals surface area (Å²) in [4.78, 5) is 7.61. The van der Waals surface area contributed by atoms with E-state index in [1.807, 2.05) is 0 Å². The number of anilines is 2. The van der Waals surface area contributed by atoms with Crippen molar-refractivity contribution in [1.82, 2.24) is 9.97 Å². The Morgan fingerprint density at radius 2 is 1.94 bits per heavy atom. The van der Waals surface area contributed by atoms with Crippen molar-refractivity contribution in [2.75, 3.05) is 10.5 Å². The van der Waals surface area contributed by atoms with E-state index < -0.39 is 10.0 Å². The fraction of sp³-hybridized carbons (Fsp3) is 0. The molecule has 0 saturated heterocycles. The predicted octanol–water partition coefficient (Wildman–Crippen LogP) is 0.860. The second-order valence-electron chi connectivity index (χ2n) is 3.25. The average molecular weight is 250 g/mol. The number of pyridine rings is 2. The smallest absolute Gasteiger partial charge is 0.280 e. The topological polar surface area (TPSA) is 98.0 Å². The van der Waals surface area contributed by atoms with E-state index in [1.54, 1.807) is 18.2 Å². The number of hydrogen-bond donors (Lipinski definition) is 2. The van der Waals surface area contributed by atoms with Gasteiger partial charge in [-0.3, -0.25) is 4.72 Å². The zero-order valence-corrected chi connectivity index (χ0v) is 9.55. The van der Waals surface area contributed by atoms with Crippen LogP contribution in [0, 0.1) is 0 Å². The lowest BCUT2D eigenvalue weighted by atomic mass is 10.4. The lowest BCUT2D eigenvalue weighted by molar-refractivity contribution is 0.597. The van der Waals surface area contributed by atoms with Gasteiger partial charge < -0.3 is 5.73 Å². The minimum atomic E-state index is -3.69. The summed E-state index contributed by atoms with van der Waals surface area (Å²) in [5.74, 6) is 0.199. The second-order valence-corrected chi connectivity index (χ2v) is 4.88. The molecule has 2 aromatic rings. The van der Waals surface area contributed by atoms with Crippen LogP contribution >= 0.6 is 0 Å². The molecule has 0 fully saturated rings. The third-order valence-corrected chi connectivity index (χ3v) is 3.21. The molecule has 0 aliphatic rings. The molecule has 3 N–H and O–H groups in total. The molecule has 2 heterocycles.